The maximum atomic E-state index is 12.8. The summed E-state index contributed by atoms with van der Waals surface area (Å²) in [7, 11) is 0. The maximum Gasteiger partial charge on any atom is 0.265 e. The highest BCUT2D eigenvalue weighted by atomic mass is 19.1. The normalized spacial score (nSPS) is 11.7. The molecule has 2 N–H and O–H groups in total. The second-order valence-corrected chi connectivity index (χ2v) is 4.59. The first kappa shape index (κ1) is 14.9. The van der Waals surface area contributed by atoms with Crippen LogP contribution in [-0.2, 0) is 0 Å². The Bertz CT molecular complexity index is 596. The van der Waals surface area contributed by atoms with E-state index in [2.05, 4.69) is 17.4 Å². The zero-order chi connectivity index (χ0) is 15.1. The van der Waals surface area contributed by atoms with E-state index in [1.54, 1.807) is 6.08 Å². The number of halogens is 1. The molecule has 1 unspecified atom stereocenters. The van der Waals surface area contributed by atoms with Gasteiger partial charge in [-0.1, -0.05) is 36.4 Å². The Balaban J connectivity index is 2.00. The highest BCUT2D eigenvalue weighted by Gasteiger charge is 2.11. The Morgan fingerprint density at radius 1 is 1.14 bits per heavy atom. The number of amides is 1. The quantitative estimate of drug-likeness (QED) is 0.630. The first-order valence-electron chi connectivity index (χ1n) is 6.68. The number of hydrogen-bond donors (Lipinski definition) is 2. The van der Waals surface area contributed by atoms with Crippen LogP contribution in [0.25, 0.3) is 0 Å². The van der Waals surface area contributed by atoms with Crippen molar-refractivity contribution in [3.63, 3.8) is 0 Å². The minimum absolute atomic E-state index is 0.0619. The fourth-order valence-corrected chi connectivity index (χ4v) is 1.96. The van der Waals surface area contributed by atoms with Crippen LogP contribution in [-0.4, -0.2) is 5.91 Å². The highest BCUT2D eigenvalue weighted by molar-refractivity contribution is 5.93. The van der Waals surface area contributed by atoms with Crippen molar-refractivity contribution in [1.29, 1.82) is 0 Å². The number of carbonyl (C=O) groups excluding carboxylic acids is 1. The van der Waals surface area contributed by atoms with Gasteiger partial charge in [-0.3, -0.25) is 10.2 Å². The zero-order valence-electron chi connectivity index (χ0n) is 11.6. The molecule has 0 aliphatic carbocycles. The van der Waals surface area contributed by atoms with Crippen LogP contribution >= 0.6 is 0 Å². The van der Waals surface area contributed by atoms with E-state index in [-0.39, 0.29) is 17.8 Å². The smallest absolute Gasteiger partial charge is 0.265 e. The molecule has 21 heavy (non-hydrogen) atoms. The standard InChI is InChI=1S/C17H17FN2O/c1-2-6-16(13-7-4-3-5-8-13)19-20-17(21)14-9-11-15(18)12-10-14/h2-5,7-12,16,19H,1,6H2,(H,20,21). The minimum Gasteiger partial charge on any atom is -0.287 e. The summed E-state index contributed by atoms with van der Waals surface area (Å²) in [4.78, 5) is 12.0. The molecule has 108 valence electrons. The Labute approximate surface area is 123 Å². The average molecular weight is 284 g/mol. The molecule has 0 heterocycles. The second kappa shape index (κ2) is 7.36. The summed E-state index contributed by atoms with van der Waals surface area (Å²) in [5.74, 6) is -0.673. The van der Waals surface area contributed by atoms with Gasteiger partial charge in [-0.2, -0.15) is 0 Å². The molecule has 2 aromatic carbocycles. The van der Waals surface area contributed by atoms with Crippen LogP contribution in [0.5, 0.6) is 0 Å². The van der Waals surface area contributed by atoms with Gasteiger partial charge in [0.25, 0.3) is 5.91 Å². The molecule has 0 aliphatic rings. The molecule has 0 aliphatic heterocycles. The van der Waals surface area contributed by atoms with Crippen LogP contribution in [0.15, 0.2) is 67.3 Å². The minimum atomic E-state index is -0.367. The molecule has 1 atom stereocenters. The molecule has 0 saturated carbocycles. The molecule has 0 radical (unpaired) electrons. The Hall–Kier alpha value is -2.46. The van der Waals surface area contributed by atoms with Crippen molar-refractivity contribution >= 4 is 5.91 Å². The average Bonchev–Trinajstić information content (AvgIpc) is 2.52. The fourth-order valence-electron chi connectivity index (χ4n) is 1.96. The first-order chi connectivity index (χ1) is 10.2. The van der Waals surface area contributed by atoms with E-state index >= 15 is 0 Å². The molecule has 0 spiro atoms. The number of nitrogens with one attached hydrogen (secondary N) is 2. The third kappa shape index (κ3) is 4.26. The lowest BCUT2D eigenvalue weighted by Gasteiger charge is -2.18. The molecule has 1 amide bonds. The Kier molecular flexibility index (Phi) is 5.23. The fraction of sp³-hybridized carbons (Fsp3) is 0.118. The summed E-state index contributed by atoms with van der Waals surface area (Å²) < 4.78 is 12.8. The van der Waals surface area contributed by atoms with E-state index in [9.17, 15) is 9.18 Å². The lowest BCUT2D eigenvalue weighted by Crippen LogP contribution is -2.39. The monoisotopic (exact) mass is 284 g/mol. The number of benzene rings is 2. The lowest BCUT2D eigenvalue weighted by molar-refractivity contribution is 0.0925. The highest BCUT2D eigenvalue weighted by Crippen LogP contribution is 2.15. The third-order valence-corrected chi connectivity index (χ3v) is 3.07. The van der Waals surface area contributed by atoms with E-state index in [1.165, 1.54) is 24.3 Å². The van der Waals surface area contributed by atoms with Crippen molar-refractivity contribution in [3.8, 4) is 0 Å². The third-order valence-electron chi connectivity index (χ3n) is 3.07. The number of hydrogen-bond acceptors (Lipinski definition) is 2. The molecule has 0 bridgehead atoms. The summed E-state index contributed by atoms with van der Waals surface area (Å²) in [6.07, 6.45) is 2.46. The first-order valence-corrected chi connectivity index (χ1v) is 6.68. The maximum absolute atomic E-state index is 12.8. The van der Waals surface area contributed by atoms with E-state index in [1.807, 2.05) is 30.3 Å². The second-order valence-electron chi connectivity index (χ2n) is 4.59. The SMILES string of the molecule is C=CCC(NNC(=O)c1ccc(F)cc1)c1ccccc1. The van der Waals surface area contributed by atoms with E-state index in [4.69, 9.17) is 0 Å². The van der Waals surface area contributed by atoms with Crippen LogP contribution < -0.4 is 10.9 Å². The predicted octanol–water partition coefficient (Wildman–Crippen LogP) is 3.38. The molecular formula is C17H17FN2O. The summed E-state index contributed by atoms with van der Waals surface area (Å²) in [6.45, 7) is 3.73. The largest absolute Gasteiger partial charge is 0.287 e. The zero-order valence-corrected chi connectivity index (χ0v) is 11.6. The summed E-state index contributed by atoms with van der Waals surface area (Å²) in [6, 6.07) is 15.1. The topological polar surface area (TPSA) is 41.1 Å². The van der Waals surface area contributed by atoms with Crippen molar-refractivity contribution in [2.24, 2.45) is 0 Å². The van der Waals surface area contributed by atoms with Crippen LogP contribution in [0.2, 0.25) is 0 Å². The van der Waals surface area contributed by atoms with E-state index < -0.39 is 0 Å². The van der Waals surface area contributed by atoms with Gasteiger partial charge in [0.15, 0.2) is 0 Å². The lowest BCUT2D eigenvalue weighted by atomic mass is 10.0. The van der Waals surface area contributed by atoms with Gasteiger partial charge in [-0.25, -0.2) is 9.82 Å². The van der Waals surface area contributed by atoms with Crippen LogP contribution in [0.1, 0.15) is 28.4 Å². The van der Waals surface area contributed by atoms with Gasteiger partial charge in [0.2, 0.25) is 0 Å². The van der Waals surface area contributed by atoms with E-state index in [0.29, 0.717) is 12.0 Å². The van der Waals surface area contributed by atoms with Gasteiger partial charge < -0.3 is 0 Å². The molecule has 2 rings (SSSR count). The van der Waals surface area contributed by atoms with Crippen LogP contribution in [0.3, 0.4) is 0 Å². The van der Waals surface area contributed by atoms with Crippen molar-refractivity contribution in [2.45, 2.75) is 12.5 Å². The van der Waals surface area contributed by atoms with Gasteiger partial charge in [-0.15, -0.1) is 6.58 Å². The summed E-state index contributed by atoms with van der Waals surface area (Å²) in [5, 5.41) is 0. The molecule has 0 saturated heterocycles. The molecule has 0 aromatic heterocycles. The van der Waals surface area contributed by atoms with Crippen molar-refractivity contribution in [2.75, 3.05) is 0 Å². The van der Waals surface area contributed by atoms with Gasteiger partial charge >= 0.3 is 0 Å². The molecule has 3 nitrogen and oxygen atoms in total. The summed E-state index contributed by atoms with van der Waals surface area (Å²) in [5.41, 5.74) is 7.08. The van der Waals surface area contributed by atoms with Crippen LogP contribution in [0.4, 0.5) is 4.39 Å². The Morgan fingerprint density at radius 2 is 1.81 bits per heavy atom. The number of carbonyl (C=O) groups is 1. The Morgan fingerprint density at radius 3 is 2.43 bits per heavy atom. The van der Waals surface area contributed by atoms with Gasteiger partial charge in [0, 0.05) is 5.56 Å². The molecule has 0 fully saturated rings. The van der Waals surface area contributed by atoms with Crippen molar-refractivity contribution < 1.29 is 9.18 Å². The van der Waals surface area contributed by atoms with Crippen molar-refractivity contribution in [1.82, 2.24) is 10.9 Å². The number of hydrazine groups is 1. The molecule has 4 heteroatoms. The van der Waals surface area contributed by atoms with Crippen molar-refractivity contribution in [3.05, 3.63) is 84.2 Å². The van der Waals surface area contributed by atoms with E-state index in [0.717, 1.165) is 5.56 Å². The van der Waals surface area contributed by atoms with Gasteiger partial charge in [0.1, 0.15) is 5.82 Å². The number of rotatable bonds is 6. The van der Waals surface area contributed by atoms with Crippen LogP contribution in [0, 0.1) is 5.82 Å². The van der Waals surface area contributed by atoms with Gasteiger partial charge in [0.05, 0.1) is 6.04 Å². The molecular weight excluding hydrogens is 267 g/mol. The predicted molar refractivity (Wildman–Crippen MR) is 81.0 cm³/mol. The molecule has 2 aromatic rings. The summed E-state index contributed by atoms with van der Waals surface area (Å²) >= 11 is 0. The van der Waals surface area contributed by atoms with Gasteiger partial charge in [-0.05, 0) is 36.2 Å².